The number of rotatable bonds is 7. The van der Waals surface area contributed by atoms with Crippen LogP contribution in [-0.4, -0.2) is 31.2 Å². The lowest BCUT2D eigenvalue weighted by Gasteiger charge is -2.23. The van der Waals surface area contributed by atoms with E-state index in [0.29, 0.717) is 24.6 Å². The Bertz CT molecular complexity index is 1080. The molecule has 30 heavy (non-hydrogen) atoms. The van der Waals surface area contributed by atoms with Crippen molar-refractivity contribution in [2.75, 3.05) is 25.7 Å². The molecular formula is C24H26N2O4. The van der Waals surface area contributed by atoms with E-state index in [4.69, 9.17) is 9.47 Å². The normalized spacial score (nSPS) is 10.5. The summed E-state index contributed by atoms with van der Waals surface area (Å²) in [6.07, 6.45) is 1.68. The molecule has 0 aliphatic heterocycles. The number of methoxy groups -OCH3 is 2. The fourth-order valence-electron chi connectivity index (χ4n) is 3.41. The number of aryl methyl sites for hydroxylation is 1. The Morgan fingerprint density at radius 1 is 1.00 bits per heavy atom. The first-order chi connectivity index (χ1) is 14.5. The van der Waals surface area contributed by atoms with Crippen LogP contribution in [0.1, 0.15) is 28.4 Å². The van der Waals surface area contributed by atoms with Crippen LogP contribution in [0, 0.1) is 6.92 Å². The van der Waals surface area contributed by atoms with Gasteiger partial charge in [0.05, 0.1) is 20.8 Å². The van der Waals surface area contributed by atoms with Crippen LogP contribution >= 0.6 is 0 Å². The Labute approximate surface area is 176 Å². The Morgan fingerprint density at radius 3 is 2.27 bits per heavy atom. The minimum atomic E-state index is -0.337. The molecule has 0 bridgehead atoms. The third-order valence-electron chi connectivity index (χ3n) is 4.98. The molecule has 0 unspecified atom stereocenters. The monoisotopic (exact) mass is 406 g/mol. The van der Waals surface area contributed by atoms with Crippen LogP contribution in [0.25, 0.3) is 0 Å². The Hall–Kier alpha value is -3.54. The molecule has 0 aliphatic carbocycles. The molecule has 6 nitrogen and oxygen atoms in total. The van der Waals surface area contributed by atoms with Crippen molar-refractivity contribution in [1.29, 1.82) is 0 Å². The predicted octanol–water partition coefficient (Wildman–Crippen LogP) is 3.89. The number of carbonyl (C=O) groups excluding carboxylic acids is 1. The van der Waals surface area contributed by atoms with Gasteiger partial charge in [-0.1, -0.05) is 18.2 Å². The molecule has 0 radical (unpaired) electrons. The van der Waals surface area contributed by atoms with E-state index in [9.17, 15) is 9.59 Å². The summed E-state index contributed by atoms with van der Waals surface area (Å²) in [4.78, 5) is 28.0. The summed E-state index contributed by atoms with van der Waals surface area (Å²) < 4.78 is 12.1. The number of amides is 1. The summed E-state index contributed by atoms with van der Waals surface area (Å²) in [5.41, 5.74) is 2.42. The van der Waals surface area contributed by atoms with Crippen molar-refractivity contribution in [1.82, 2.24) is 4.57 Å². The molecule has 0 saturated heterocycles. The average Bonchev–Trinajstić information content (AvgIpc) is 2.76. The van der Waals surface area contributed by atoms with Crippen LogP contribution in [0.5, 0.6) is 11.5 Å². The second-order valence-electron chi connectivity index (χ2n) is 6.91. The minimum Gasteiger partial charge on any atom is -0.497 e. The van der Waals surface area contributed by atoms with Gasteiger partial charge in [0.25, 0.3) is 11.5 Å². The van der Waals surface area contributed by atoms with Gasteiger partial charge in [-0.15, -0.1) is 0 Å². The number of pyridine rings is 1. The lowest BCUT2D eigenvalue weighted by molar-refractivity contribution is 0.0986. The van der Waals surface area contributed by atoms with Gasteiger partial charge in [-0.3, -0.25) is 9.59 Å². The first-order valence-electron chi connectivity index (χ1n) is 9.77. The van der Waals surface area contributed by atoms with Gasteiger partial charge in [0.1, 0.15) is 17.1 Å². The molecule has 3 aromatic rings. The smallest absolute Gasteiger partial charge is 0.263 e. The molecule has 0 aliphatic rings. The standard InChI is InChI=1S/C24H26N2O4/c1-5-26(22-11-7-6-9-17(22)2)24(28)21-10-8-12-25(23(21)27)16-18-13-19(29-3)15-20(14-18)30-4/h6-15H,5,16H2,1-4H3. The number of anilines is 1. The SMILES string of the molecule is CCN(C(=O)c1cccn(Cc2cc(OC)cc(OC)c2)c1=O)c1ccccc1C. The molecule has 0 saturated carbocycles. The van der Waals surface area contributed by atoms with E-state index >= 15 is 0 Å². The van der Waals surface area contributed by atoms with Crippen LogP contribution in [0.4, 0.5) is 5.69 Å². The van der Waals surface area contributed by atoms with E-state index in [1.807, 2.05) is 50.2 Å². The fourth-order valence-corrected chi connectivity index (χ4v) is 3.41. The van der Waals surface area contributed by atoms with Crippen LogP contribution in [-0.2, 0) is 6.54 Å². The van der Waals surface area contributed by atoms with Crippen LogP contribution in [0.3, 0.4) is 0 Å². The molecule has 0 spiro atoms. The molecule has 6 heteroatoms. The zero-order valence-corrected chi connectivity index (χ0v) is 17.7. The topological polar surface area (TPSA) is 60.8 Å². The number of benzene rings is 2. The van der Waals surface area contributed by atoms with Crippen molar-refractivity contribution in [2.24, 2.45) is 0 Å². The Kier molecular flexibility index (Phi) is 6.57. The van der Waals surface area contributed by atoms with Gasteiger partial charge in [-0.2, -0.15) is 0 Å². The molecule has 1 amide bonds. The lowest BCUT2D eigenvalue weighted by Crippen LogP contribution is -2.37. The van der Waals surface area contributed by atoms with Crippen molar-refractivity contribution < 1.29 is 14.3 Å². The zero-order valence-electron chi connectivity index (χ0n) is 17.7. The summed E-state index contributed by atoms with van der Waals surface area (Å²) in [6.45, 7) is 4.61. The summed E-state index contributed by atoms with van der Waals surface area (Å²) in [5.74, 6) is 0.969. The number of ether oxygens (including phenoxy) is 2. The van der Waals surface area contributed by atoms with E-state index in [-0.39, 0.29) is 17.0 Å². The van der Waals surface area contributed by atoms with Crippen LogP contribution < -0.4 is 19.9 Å². The number of aromatic nitrogens is 1. The van der Waals surface area contributed by atoms with Crippen molar-refractivity contribution in [3.63, 3.8) is 0 Å². The molecule has 0 fully saturated rings. The molecule has 0 atom stereocenters. The predicted molar refractivity (Wildman–Crippen MR) is 118 cm³/mol. The van der Waals surface area contributed by atoms with Gasteiger partial charge < -0.3 is 18.9 Å². The van der Waals surface area contributed by atoms with Gasteiger partial charge in [0.2, 0.25) is 0 Å². The van der Waals surface area contributed by atoms with Crippen molar-refractivity contribution >= 4 is 11.6 Å². The highest BCUT2D eigenvalue weighted by Gasteiger charge is 2.21. The number of hydrogen-bond donors (Lipinski definition) is 0. The molecule has 2 aromatic carbocycles. The highest BCUT2D eigenvalue weighted by atomic mass is 16.5. The second-order valence-corrected chi connectivity index (χ2v) is 6.91. The maximum atomic E-state index is 13.2. The summed E-state index contributed by atoms with van der Waals surface area (Å²) in [6, 6.07) is 16.4. The summed E-state index contributed by atoms with van der Waals surface area (Å²) in [5, 5.41) is 0. The maximum Gasteiger partial charge on any atom is 0.263 e. The molecule has 0 N–H and O–H groups in total. The average molecular weight is 406 g/mol. The van der Waals surface area contributed by atoms with Crippen molar-refractivity contribution in [3.8, 4) is 11.5 Å². The van der Waals surface area contributed by atoms with E-state index in [1.54, 1.807) is 43.5 Å². The van der Waals surface area contributed by atoms with Crippen LogP contribution in [0.2, 0.25) is 0 Å². The third kappa shape index (κ3) is 4.38. The van der Waals surface area contributed by atoms with Gasteiger partial charge in [-0.25, -0.2) is 0 Å². The Balaban J connectivity index is 1.96. The van der Waals surface area contributed by atoms with E-state index in [1.165, 1.54) is 4.57 Å². The number of hydrogen-bond acceptors (Lipinski definition) is 4. The van der Waals surface area contributed by atoms with Crippen LogP contribution in [0.15, 0.2) is 65.6 Å². The van der Waals surface area contributed by atoms with Gasteiger partial charge in [0.15, 0.2) is 0 Å². The van der Waals surface area contributed by atoms with Crippen molar-refractivity contribution in [2.45, 2.75) is 20.4 Å². The molecule has 1 aromatic heterocycles. The highest BCUT2D eigenvalue weighted by Crippen LogP contribution is 2.23. The molecular weight excluding hydrogens is 380 g/mol. The van der Waals surface area contributed by atoms with E-state index < -0.39 is 0 Å². The van der Waals surface area contributed by atoms with E-state index in [0.717, 1.165) is 16.8 Å². The third-order valence-corrected chi connectivity index (χ3v) is 4.98. The second kappa shape index (κ2) is 9.31. The Morgan fingerprint density at radius 2 is 1.67 bits per heavy atom. The summed E-state index contributed by atoms with van der Waals surface area (Å²) in [7, 11) is 3.16. The number of carbonyl (C=O) groups is 1. The van der Waals surface area contributed by atoms with Crippen molar-refractivity contribution in [3.05, 3.63) is 87.8 Å². The number of nitrogens with zero attached hydrogens (tertiary/aromatic N) is 2. The molecule has 1 heterocycles. The summed E-state index contributed by atoms with van der Waals surface area (Å²) >= 11 is 0. The quantitative estimate of drug-likeness (QED) is 0.597. The first-order valence-corrected chi connectivity index (χ1v) is 9.77. The lowest BCUT2D eigenvalue weighted by atomic mass is 10.1. The zero-order chi connectivity index (χ0) is 21.7. The highest BCUT2D eigenvalue weighted by molar-refractivity contribution is 6.06. The van der Waals surface area contributed by atoms with Gasteiger partial charge in [-0.05, 0) is 55.3 Å². The largest absolute Gasteiger partial charge is 0.497 e. The molecule has 156 valence electrons. The fraction of sp³-hybridized carbons (Fsp3) is 0.250. The minimum absolute atomic E-state index is 0.137. The maximum absolute atomic E-state index is 13.2. The number of para-hydroxylation sites is 1. The first kappa shape index (κ1) is 21.2. The van der Waals surface area contributed by atoms with Gasteiger partial charge >= 0.3 is 0 Å². The van der Waals surface area contributed by atoms with E-state index in [2.05, 4.69) is 0 Å². The molecule has 3 rings (SSSR count). The van der Waals surface area contributed by atoms with Gasteiger partial charge in [0, 0.05) is 24.5 Å².